The van der Waals surface area contributed by atoms with Gasteiger partial charge in [-0.2, -0.15) is 10.4 Å². The summed E-state index contributed by atoms with van der Waals surface area (Å²) in [6.45, 7) is 4.25. The molecule has 0 amide bonds. The molecule has 1 fully saturated rings. The summed E-state index contributed by atoms with van der Waals surface area (Å²) >= 11 is 3.60. The van der Waals surface area contributed by atoms with Gasteiger partial charge >= 0.3 is 0 Å². The van der Waals surface area contributed by atoms with E-state index < -0.39 is 0 Å². The minimum Gasteiger partial charge on any atom is -0.271 e. The summed E-state index contributed by atoms with van der Waals surface area (Å²) in [6, 6.07) is 2.60. The van der Waals surface area contributed by atoms with Crippen molar-refractivity contribution in [1.82, 2.24) is 9.78 Å². The highest BCUT2D eigenvalue weighted by Gasteiger charge is 2.36. The van der Waals surface area contributed by atoms with Gasteiger partial charge in [0.2, 0.25) is 0 Å². The van der Waals surface area contributed by atoms with Gasteiger partial charge in [0.15, 0.2) is 0 Å². The van der Waals surface area contributed by atoms with Gasteiger partial charge in [-0.3, -0.25) is 4.68 Å². The van der Waals surface area contributed by atoms with E-state index in [1.54, 1.807) is 0 Å². The monoisotopic (exact) mass is 309 g/mol. The molecule has 2 rings (SSSR count). The third-order valence-corrected chi connectivity index (χ3v) is 5.13. The van der Waals surface area contributed by atoms with E-state index in [2.05, 4.69) is 34.0 Å². The minimum atomic E-state index is -0.194. The minimum absolute atomic E-state index is 0.194. The van der Waals surface area contributed by atoms with Crippen molar-refractivity contribution in [3.05, 3.63) is 15.9 Å². The molecule has 0 spiro atoms. The van der Waals surface area contributed by atoms with Gasteiger partial charge in [0, 0.05) is 13.5 Å². The summed E-state index contributed by atoms with van der Waals surface area (Å²) in [7, 11) is 1.96. The Kier molecular flexibility index (Phi) is 3.82. The molecule has 0 N–H and O–H groups in total. The lowest BCUT2D eigenvalue weighted by atomic mass is 9.68. The molecule has 0 bridgehead atoms. The van der Waals surface area contributed by atoms with Gasteiger partial charge in [0.05, 0.1) is 27.3 Å². The standard InChI is InChI=1S/C14H20BrN3/c1-10-5-4-6-14(7-10,9-16)8-12-13(15)11(2)17-18(12)3/h10H,4-8H2,1-3H3. The quantitative estimate of drug-likeness (QED) is 0.834. The topological polar surface area (TPSA) is 41.6 Å². The van der Waals surface area contributed by atoms with E-state index in [-0.39, 0.29) is 5.41 Å². The molecule has 1 aliphatic rings. The molecule has 1 heterocycles. The van der Waals surface area contributed by atoms with Crippen molar-refractivity contribution in [1.29, 1.82) is 5.26 Å². The van der Waals surface area contributed by atoms with Crippen molar-refractivity contribution in [3.8, 4) is 6.07 Å². The second kappa shape index (κ2) is 5.05. The maximum Gasteiger partial charge on any atom is 0.0738 e. The number of hydrogen-bond acceptors (Lipinski definition) is 2. The van der Waals surface area contributed by atoms with Crippen LogP contribution < -0.4 is 0 Å². The second-order valence-electron chi connectivity index (χ2n) is 5.74. The first-order valence-electron chi connectivity index (χ1n) is 6.57. The van der Waals surface area contributed by atoms with E-state index in [1.165, 1.54) is 12.8 Å². The summed E-state index contributed by atoms with van der Waals surface area (Å²) in [5.74, 6) is 0.659. The highest BCUT2D eigenvalue weighted by Crippen LogP contribution is 2.42. The molecule has 1 aromatic rings. The number of nitrogens with zero attached hydrogens (tertiary/aromatic N) is 3. The number of aryl methyl sites for hydroxylation is 2. The molecule has 18 heavy (non-hydrogen) atoms. The molecular weight excluding hydrogens is 290 g/mol. The number of nitriles is 1. The number of hydrogen-bond donors (Lipinski definition) is 0. The van der Waals surface area contributed by atoms with Crippen LogP contribution in [0.15, 0.2) is 4.47 Å². The number of rotatable bonds is 2. The highest BCUT2D eigenvalue weighted by molar-refractivity contribution is 9.10. The lowest BCUT2D eigenvalue weighted by Gasteiger charge is -2.34. The molecule has 0 radical (unpaired) electrons. The zero-order valence-corrected chi connectivity index (χ0v) is 12.9. The van der Waals surface area contributed by atoms with Crippen LogP contribution in [0, 0.1) is 29.6 Å². The summed E-state index contributed by atoms with van der Waals surface area (Å²) in [4.78, 5) is 0. The van der Waals surface area contributed by atoms with Gasteiger partial charge in [-0.05, 0) is 41.6 Å². The first kappa shape index (κ1) is 13.6. The predicted molar refractivity (Wildman–Crippen MR) is 75.0 cm³/mol. The molecule has 1 aromatic heterocycles. The molecule has 1 aliphatic carbocycles. The van der Waals surface area contributed by atoms with Crippen molar-refractivity contribution in [2.24, 2.45) is 18.4 Å². The Morgan fingerprint density at radius 3 is 2.83 bits per heavy atom. The van der Waals surface area contributed by atoms with Crippen LogP contribution in [0.2, 0.25) is 0 Å². The SMILES string of the molecule is Cc1nn(C)c(CC2(C#N)CCCC(C)C2)c1Br. The van der Waals surface area contributed by atoms with Gasteiger partial charge in [-0.1, -0.05) is 19.8 Å². The van der Waals surface area contributed by atoms with E-state index >= 15 is 0 Å². The molecule has 2 unspecified atom stereocenters. The van der Waals surface area contributed by atoms with E-state index in [0.717, 1.165) is 35.1 Å². The first-order valence-corrected chi connectivity index (χ1v) is 7.36. The lowest BCUT2D eigenvalue weighted by Crippen LogP contribution is -2.29. The Labute approximate surface area is 117 Å². The van der Waals surface area contributed by atoms with Crippen LogP contribution in [0.3, 0.4) is 0 Å². The van der Waals surface area contributed by atoms with Crippen molar-refractivity contribution >= 4 is 15.9 Å². The fourth-order valence-corrected chi connectivity index (χ4v) is 3.63. The van der Waals surface area contributed by atoms with Crippen LogP contribution in [0.1, 0.15) is 44.0 Å². The smallest absolute Gasteiger partial charge is 0.0738 e. The van der Waals surface area contributed by atoms with Crippen LogP contribution in [-0.4, -0.2) is 9.78 Å². The molecule has 0 saturated heterocycles. The molecule has 98 valence electrons. The van der Waals surface area contributed by atoms with Gasteiger partial charge in [0.1, 0.15) is 0 Å². The van der Waals surface area contributed by atoms with Gasteiger partial charge < -0.3 is 0 Å². The average Bonchev–Trinajstić information content (AvgIpc) is 2.56. The van der Waals surface area contributed by atoms with E-state index in [9.17, 15) is 5.26 Å². The Balaban J connectivity index is 2.28. The predicted octanol–water partition coefficient (Wildman–Crippen LogP) is 3.75. The van der Waals surface area contributed by atoms with Crippen molar-refractivity contribution < 1.29 is 0 Å². The van der Waals surface area contributed by atoms with Crippen LogP contribution >= 0.6 is 15.9 Å². The van der Waals surface area contributed by atoms with Crippen LogP contribution in [-0.2, 0) is 13.5 Å². The Hall–Kier alpha value is -0.820. The average molecular weight is 310 g/mol. The molecular formula is C14H20BrN3. The maximum atomic E-state index is 9.61. The first-order chi connectivity index (χ1) is 8.47. The zero-order valence-electron chi connectivity index (χ0n) is 11.3. The van der Waals surface area contributed by atoms with Crippen molar-refractivity contribution in [3.63, 3.8) is 0 Å². The summed E-state index contributed by atoms with van der Waals surface area (Å²) in [5.41, 5.74) is 1.97. The third kappa shape index (κ3) is 2.47. The zero-order chi connectivity index (χ0) is 13.3. The fourth-order valence-electron chi connectivity index (χ4n) is 3.15. The Morgan fingerprint density at radius 2 is 2.33 bits per heavy atom. The van der Waals surface area contributed by atoms with E-state index in [4.69, 9.17) is 0 Å². The number of aromatic nitrogens is 2. The Morgan fingerprint density at radius 1 is 1.61 bits per heavy atom. The molecule has 1 saturated carbocycles. The summed E-state index contributed by atoms with van der Waals surface area (Å²) in [5, 5.41) is 14.0. The van der Waals surface area contributed by atoms with Crippen LogP contribution in [0.4, 0.5) is 0 Å². The molecule has 0 aliphatic heterocycles. The van der Waals surface area contributed by atoms with Crippen LogP contribution in [0.25, 0.3) is 0 Å². The van der Waals surface area contributed by atoms with Gasteiger partial charge in [0.25, 0.3) is 0 Å². The third-order valence-electron chi connectivity index (χ3n) is 4.10. The second-order valence-corrected chi connectivity index (χ2v) is 6.53. The molecule has 2 atom stereocenters. The molecule has 4 heteroatoms. The lowest BCUT2D eigenvalue weighted by molar-refractivity contribution is 0.206. The van der Waals surface area contributed by atoms with Gasteiger partial charge in [-0.15, -0.1) is 0 Å². The molecule has 3 nitrogen and oxygen atoms in total. The molecule has 0 aromatic carbocycles. The van der Waals surface area contributed by atoms with Gasteiger partial charge in [-0.25, -0.2) is 0 Å². The highest BCUT2D eigenvalue weighted by atomic mass is 79.9. The van der Waals surface area contributed by atoms with Crippen LogP contribution in [0.5, 0.6) is 0 Å². The van der Waals surface area contributed by atoms with E-state index in [1.807, 2.05) is 18.7 Å². The van der Waals surface area contributed by atoms with Crippen molar-refractivity contribution in [2.45, 2.75) is 46.0 Å². The Bertz CT molecular complexity index is 486. The number of halogens is 1. The van der Waals surface area contributed by atoms with E-state index in [0.29, 0.717) is 5.92 Å². The normalized spacial score (nSPS) is 28.1. The maximum absolute atomic E-state index is 9.61. The van der Waals surface area contributed by atoms with Crippen molar-refractivity contribution in [2.75, 3.05) is 0 Å². The summed E-state index contributed by atoms with van der Waals surface area (Å²) in [6.07, 6.45) is 5.27. The summed E-state index contributed by atoms with van der Waals surface area (Å²) < 4.78 is 2.98. The fraction of sp³-hybridized carbons (Fsp3) is 0.714. The largest absolute Gasteiger partial charge is 0.271 e.